The molecule has 3 heterocycles. The van der Waals surface area contributed by atoms with Gasteiger partial charge in [-0.2, -0.15) is 0 Å². The minimum absolute atomic E-state index is 0.0403. The van der Waals surface area contributed by atoms with E-state index >= 15 is 0 Å². The smallest absolute Gasteiger partial charge is 0.270 e. The average molecular weight is 554 g/mol. The van der Waals surface area contributed by atoms with Crippen LogP contribution >= 0.6 is 15.9 Å². The normalized spacial score (nSPS) is 19.0. The van der Waals surface area contributed by atoms with Gasteiger partial charge in [0.25, 0.3) is 17.4 Å². The number of rotatable bonds is 4. The number of amides is 2. The van der Waals surface area contributed by atoms with Gasteiger partial charge >= 0.3 is 0 Å². The molecular weight excluding hydrogens is 532 g/mol. The van der Waals surface area contributed by atoms with Gasteiger partial charge in [0.15, 0.2) is 0 Å². The summed E-state index contributed by atoms with van der Waals surface area (Å²) in [6.07, 6.45) is 2.11. The van der Waals surface area contributed by atoms with E-state index in [0.29, 0.717) is 24.1 Å². The molecule has 0 spiro atoms. The molecule has 184 valence electrons. The number of nitrogens with one attached hydrogen (secondary N) is 1. The highest BCUT2D eigenvalue weighted by Gasteiger charge is 2.37. The summed E-state index contributed by atoms with van der Waals surface area (Å²) in [6.45, 7) is 1.22. The van der Waals surface area contributed by atoms with Crippen LogP contribution in [0.25, 0.3) is 6.08 Å². The van der Waals surface area contributed by atoms with Gasteiger partial charge in [0.2, 0.25) is 0 Å². The van der Waals surface area contributed by atoms with Crippen LogP contribution in [0.15, 0.2) is 75.6 Å². The van der Waals surface area contributed by atoms with Gasteiger partial charge < -0.3 is 14.8 Å². The van der Waals surface area contributed by atoms with Gasteiger partial charge in [-0.25, -0.2) is 8.78 Å². The van der Waals surface area contributed by atoms with Gasteiger partial charge in [-0.05, 0) is 54.8 Å². The zero-order valence-corrected chi connectivity index (χ0v) is 20.7. The Morgan fingerprint density at radius 1 is 0.972 bits per heavy atom. The zero-order chi connectivity index (χ0) is 25.4. The molecule has 2 unspecified atom stereocenters. The Labute approximate surface area is 214 Å². The predicted octanol–water partition coefficient (Wildman–Crippen LogP) is 4.31. The third kappa shape index (κ3) is 4.75. The van der Waals surface area contributed by atoms with E-state index in [9.17, 15) is 23.2 Å². The van der Waals surface area contributed by atoms with Crippen molar-refractivity contribution in [3.8, 4) is 0 Å². The molecular formula is C27H22BrF2N3O3. The number of benzene rings is 2. The van der Waals surface area contributed by atoms with Crippen LogP contribution < -0.4 is 10.9 Å². The second-order valence-corrected chi connectivity index (χ2v) is 9.98. The van der Waals surface area contributed by atoms with E-state index in [-0.39, 0.29) is 34.2 Å². The van der Waals surface area contributed by atoms with E-state index in [1.807, 2.05) is 6.07 Å². The number of pyridine rings is 1. The van der Waals surface area contributed by atoms with Crippen LogP contribution in [0.1, 0.15) is 34.0 Å². The zero-order valence-electron chi connectivity index (χ0n) is 19.1. The fourth-order valence-electron chi connectivity index (χ4n) is 5.00. The van der Waals surface area contributed by atoms with E-state index in [1.165, 1.54) is 48.5 Å². The van der Waals surface area contributed by atoms with E-state index in [1.54, 1.807) is 15.5 Å². The quantitative estimate of drug-likeness (QED) is 0.489. The highest BCUT2D eigenvalue weighted by Crippen LogP contribution is 2.35. The molecule has 1 N–H and O–H groups in total. The fourth-order valence-corrected chi connectivity index (χ4v) is 5.38. The van der Waals surface area contributed by atoms with Crippen LogP contribution in [0.2, 0.25) is 0 Å². The number of hydrogen-bond acceptors (Lipinski definition) is 3. The van der Waals surface area contributed by atoms with Crippen LogP contribution in [0.3, 0.4) is 0 Å². The maximum absolute atomic E-state index is 14.6. The van der Waals surface area contributed by atoms with Crippen molar-refractivity contribution in [2.24, 2.45) is 5.92 Å². The molecule has 2 aliphatic heterocycles. The number of carbonyl (C=O) groups is 2. The number of aromatic nitrogens is 1. The Morgan fingerprint density at radius 3 is 2.58 bits per heavy atom. The first-order chi connectivity index (χ1) is 17.3. The molecule has 2 atom stereocenters. The molecule has 0 radical (unpaired) electrons. The van der Waals surface area contributed by atoms with Gasteiger partial charge in [-0.3, -0.25) is 14.4 Å². The number of halogens is 3. The lowest BCUT2D eigenvalue weighted by Crippen LogP contribution is -2.50. The molecule has 36 heavy (non-hydrogen) atoms. The Morgan fingerprint density at radius 2 is 1.78 bits per heavy atom. The summed E-state index contributed by atoms with van der Waals surface area (Å²) < 4.78 is 31.2. The van der Waals surface area contributed by atoms with Crippen molar-refractivity contribution in [3.63, 3.8) is 0 Å². The Balaban J connectivity index is 1.48. The summed E-state index contributed by atoms with van der Waals surface area (Å²) in [4.78, 5) is 40.5. The standard InChI is InChI=1S/C27H22BrF2N3O3/c28-19-8-9-21(29)17(11-19)12-23(31-26(35)20-4-1-2-5-22(20)30)27(36)32-13-16-10-18(15-32)24-6-3-7-25(34)33(24)14-16/h1-9,11-12,16,18H,10,13-15H2,(H,31,35). The molecule has 2 aromatic carbocycles. The van der Waals surface area contributed by atoms with Crippen LogP contribution in [0, 0.1) is 17.6 Å². The van der Waals surface area contributed by atoms with Gasteiger partial charge in [-0.15, -0.1) is 0 Å². The van der Waals surface area contributed by atoms with Crippen LogP contribution in [0.4, 0.5) is 8.78 Å². The van der Waals surface area contributed by atoms with Gasteiger partial charge in [0.1, 0.15) is 17.3 Å². The molecule has 2 amide bonds. The molecule has 1 saturated heterocycles. The highest BCUT2D eigenvalue weighted by atomic mass is 79.9. The SMILES string of the molecule is O=C(NC(=Cc1cc(Br)ccc1F)C(=O)N1CC2CC(C1)c1cccc(=O)n1C2)c1ccccc1F. The van der Waals surface area contributed by atoms with Crippen LogP contribution in [0.5, 0.6) is 0 Å². The number of fused-ring (bicyclic) bond motifs is 4. The summed E-state index contributed by atoms with van der Waals surface area (Å²) in [5, 5.41) is 2.51. The molecule has 0 aliphatic carbocycles. The molecule has 6 nitrogen and oxygen atoms in total. The lowest BCUT2D eigenvalue weighted by molar-refractivity contribution is -0.130. The summed E-state index contributed by atoms with van der Waals surface area (Å²) in [5.41, 5.74) is 0.510. The Hall–Kier alpha value is -3.59. The molecule has 2 aliphatic rings. The largest absolute Gasteiger partial charge is 0.336 e. The summed E-state index contributed by atoms with van der Waals surface area (Å²) in [6, 6.07) is 14.8. The van der Waals surface area contributed by atoms with Gasteiger partial charge in [-0.1, -0.05) is 34.1 Å². The third-order valence-corrected chi connectivity index (χ3v) is 7.12. The second-order valence-electron chi connectivity index (χ2n) is 9.07. The Kier molecular flexibility index (Phi) is 6.57. The highest BCUT2D eigenvalue weighted by molar-refractivity contribution is 9.10. The van der Waals surface area contributed by atoms with E-state index in [2.05, 4.69) is 21.2 Å². The second kappa shape index (κ2) is 9.81. The number of nitrogens with zero attached hydrogens (tertiary/aromatic N) is 2. The molecule has 5 rings (SSSR count). The number of piperidine rings is 1. The molecule has 1 fully saturated rings. The minimum Gasteiger partial charge on any atom is -0.336 e. The first-order valence-corrected chi connectivity index (χ1v) is 12.3. The summed E-state index contributed by atoms with van der Waals surface area (Å²) in [5.74, 6) is -2.59. The summed E-state index contributed by atoms with van der Waals surface area (Å²) >= 11 is 3.29. The van der Waals surface area contributed by atoms with Crippen molar-refractivity contribution in [3.05, 3.63) is 110 Å². The predicted molar refractivity (Wildman–Crippen MR) is 134 cm³/mol. The van der Waals surface area contributed by atoms with E-state index < -0.39 is 23.4 Å². The van der Waals surface area contributed by atoms with Crippen molar-refractivity contribution in [2.45, 2.75) is 18.9 Å². The maximum atomic E-state index is 14.6. The maximum Gasteiger partial charge on any atom is 0.270 e. The van der Waals surface area contributed by atoms with Crippen molar-refractivity contribution < 1.29 is 18.4 Å². The molecule has 0 saturated carbocycles. The van der Waals surface area contributed by atoms with Crippen molar-refractivity contribution in [1.29, 1.82) is 0 Å². The number of hydrogen-bond donors (Lipinski definition) is 1. The molecule has 1 aromatic heterocycles. The van der Waals surface area contributed by atoms with Crippen molar-refractivity contribution in [1.82, 2.24) is 14.8 Å². The molecule has 2 bridgehead atoms. The molecule has 9 heteroatoms. The van der Waals surface area contributed by atoms with Crippen molar-refractivity contribution in [2.75, 3.05) is 13.1 Å². The first-order valence-electron chi connectivity index (χ1n) is 11.5. The summed E-state index contributed by atoms with van der Waals surface area (Å²) in [7, 11) is 0. The topological polar surface area (TPSA) is 71.4 Å². The van der Waals surface area contributed by atoms with Gasteiger partial charge in [0.05, 0.1) is 5.56 Å². The van der Waals surface area contributed by atoms with E-state index in [0.717, 1.165) is 18.2 Å². The van der Waals surface area contributed by atoms with E-state index in [4.69, 9.17) is 0 Å². The first kappa shape index (κ1) is 24.1. The third-order valence-electron chi connectivity index (χ3n) is 6.62. The lowest BCUT2D eigenvalue weighted by atomic mass is 9.83. The Bertz CT molecular complexity index is 1450. The van der Waals surface area contributed by atoms with Crippen LogP contribution in [-0.4, -0.2) is 34.4 Å². The van der Waals surface area contributed by atoms with Crippen LogP contribution in [-0.2, 0) is 11.3 Å². The molecule has 3 aromatic rings. The average Bonchev–Trinajstić information content (AvgIpc) is 2.86. The number of carbonyl (C=O) groups excluding carboxylic acids is 2. The minimum atomic E-state index is -0.808. The van der Waals surface area contributed by atoms with Crippen molar-refractivity contribution >= 4 is 33.8 Å². The number of likely N-dealkylation sites (tertiary alicyclic amines) is 1. The lowest BCUT2D eigenvalue weighted by Gasteiger charge is -2.43. The van der Waals surface area contributed by atoms with Gasteiger partial charge in [0, 0.05) is 47.3 Å². The monoisotopic (exact) mass is 553 g/mol. The fraction of sp³-hybridized carbons (Fsp3) is 0.222.